The van der Waals surface area contributed by atoms with E-state index in [0.29, 0.717) is 61.6 Å². The maximum atomic E-state index is 13.7. The molecule has 0 aliphatic carbocycles. The highest BCUT2D eigenvalue weighted by atomic mass is 32.2. The molecule has 2 amide bonds. The van der Waals surface area contributed by atoms with E-state index in [-0.39, 0.29) is 16.7 Å². The van der Waals surface area contributed by atoms with Crippen molar-refractivity contribution in [2.45, 2.75) is 64.4 Å². The highest BCUT2D eigenvalue weighted by molar-refractivity contribution is 7.89. The normalized spacial score (nSPS) is 16.5. The SMILES string of the molecule is CCCN(CCC)S(=O)(=O)c1ccc(C(=O)Nc2sc3c(c2C(=O)N2CCOCC2)CCN(C(C)C)C3)cc1. The Bertz CT molecular complexity index is 1260. The number of nitrogens with zero attached hydrogens (tertiary/aromatic N) is 3. The predicted molar refractivity (Wildman–Crippen MR) is 154 cm³/mol. The first-order valence-corrected chi connectivity index (χ1v) is 16.1. The summed E-state index contributed by atoms with van der Waals surface area (Å²) in [7, 11) is -3.63. The van der Waals surface area contributed by atoms with Gasteiger partial charge in [-0.1, -0.05) is 13.8 Å². The third-order valence-electron chi connectivity index (χ3n) is 7.26. The molecule has 1 aromatic carbocycles. The van der Waals surface area contributed by atoms with Crippen LogP contribution in [0.2, 0.25) is 0 Å². The van der Waals surface area contributed by atoms with Crippen molar-refractivity contribution in [2.24, 2.45) is 0 Å². The molecule has 2 aromatic rings. The number of ether oxygens (including phenoxy) is 1. The first-order valence-electron chi connectivity index (χ1n) is 13.8. The van der Waals surface area contributed by atoms with Gasteiger partial charge in [0.05, 0.1) is 23.7 Å². The molecule has 39 heavy (non-hydrogen) atoms. The predicted octanol–water partition coefficient (Wildman–Crippen LogP) is 4.05. The summed E-state index contributed by atoms with van der Waals surface area (Å²) < 4.78 is 33.1. The van der Waals surface area contributed by atoms with Crippen LogP contribution in [0.1, 0.15) is 71.7 Å². The maximum absolute atomic E-state index is 13.7. The van der Waals surface area contributed by atoms with Gasteiger partial charge in [0.2, 0.25) is 10.0 Å². The Morgan fingerprint density at radius 3 is 2.28 bits per heavy atom. The summed E-state index contributed by atoms with van der Waals surface area (Å²) in [6.07, 6.45) is 2.21. The van der Waals surface area contributed by atoms with Crippen molar-refractivity contribution in [3.8, 4) is 0 Å². The molecule has 1 fully saturated rings. The number of hydrogen-bond acceptors (Lipinski definition) is 7. The molecular formula is C28H40N4O5S2. The van der Waals surface area contributed by atoms with Crippen LogP contribution in [0.3, 0.4) is 0 Å². The number of carbonyl (C=O) groups excluding carboxylic acids is 2. The zero-order chi connectivity index (χ0) is 28.2. The smallest absolute Gasteiger partial charge is 0.257 e. The van der Waals surface area contributed by atoms with Crippen molar-refractivity contribution >= 4 is 38.2 Å². The molecule has 2 aliphatic rings. The van der Waals surface area contributed by atoms with Crippen LogP contribution >= 0.6 is 11.3 Å². The van der Waals surface area contributed by atoms with Crippen molar-refractivity contribution in [1.29, 1.82) is 0 Å². The lowest BCUT2D eigenvalue weighted by atomic mass is 10.0. The molecule has 9 nitrogen and oxygen atoms in total. The Morgan fingerprint density at radius 1 is 1.05 bits per heavy atom. The average Bonchev–Trinajstić information content (AvgIpc) is 3.29. The molecular weight excluding hydrogens is 536 g/mol. The number of amides is 2. The molecule has 1 N–H and O–H groups in total. The van der Waals surface area contributed by atoms with Crippen LogP contribution in [0, 0.1) is 0 Å². The summed E-state index contributed by atoms with van der Waals surface area (Å²) in [6.45, 7) is 12.8. The Hall–Kier alpha value is -2.31. The number of thiophene rings is 1. The number of benzene rings is 1. The molecule has 0 radical (unpaired) electrons. The van der Waals surface area contributed by atoms with E-state index in [1.165, 1.54) is 39.9 Å². The first kappa shape index (κ1) is 29.7. The average molecular weight is 577 g/mol. The Labute approximate surface area is 236 Å². The summed E-state index contributed by atoms with van der Waals surface area (Å²) in [4.78, 5) is 32.4. The Kier molecular flexibility index (Phi) is 9.82. The van der Waals surface area contributed by atoms with Crippen molar-refractivity contribution in [1.82, 2.24) is 14.1 Å². The summed E-state index contributed by atoms with van der Waals surface area (Å²) in [6, 6.07) is 6.44. The number of anilines is 1. The van der Waals surface area contributed by atoms with E-state index in [4.69, 9.17) is 4.74 Å². The van der Waals surface area contributed by atoms with Crippen LogP contribution in [0.4, 0.5) is 5.00 Å². The topological polar surface area (TPSA) is 99.3 Å². The monoisotopic (exact) mass is 576 g/mol. The molecule has 11 heteroatoms. The van der Waals surface area contributed by atoms with Crippen LogP contribution in [0.15, 0.2) is 29.2 Å². The molecule has 0 saturated carbocycles. The number of rotatable bonds is 10. The van der Waals surface area contributed by atoms with Crippen LogP contribution in [0.25, 0.3) is 0 Å². The summed E-state index contributed by atoms with van der Waals surface area (Å²) >= 11 is 1.47. The third-order valence-corrected chi connectivity index (χ3v) is 10.3. The van der Waals surface area contributed by atoms with Gasteiger partial charge in [0.1, 0.15) is 5.00 Å². The molecule has 1 saturated heterocycles. The van der Waals surface area contributed by atoms with E-state index < -0.39 is 10.0 Å². The number of morpholine rings is 1. The Morgan fingerprint density at radius 2 is 1.69 bits per heavy atom. The van der Waals surface area contributed by atoms with Crippen molar-refractivity contribution in [3.05, 3.63) is 45.8 Å². The van der Waals surface area contributed by atoms with Gasteiger partial charge in [-0.25, -0.2) is 8.42 Å². The van der Waals surface area contributed by atoms with Crippen LogP contribution < -0.4 is 5.32 Å². The molecule has 1 aromatic heterocycles. The Balaban J connectivity index is 1.59. The van der Waals surface area contributed by atoms with Gasteiger partial charge in [0, 0.05) is 55.8 Å². The van der Waals surface area contributed by atoms with Crippen molar-refractivity contribution in [2.75, 3.05) is 51.3 Å². The molecule has 0 atom stereocenters. The molecule has 0 spiro atoms. The molecule has 0 bridgehead atoms. The highest BCUT2D eigenvalue weighted by Gasteiger charge is 2.32. The number of fused-ring (bicyclic) bond motifs is 1. The number of nitrogens with one attached hydrogen (secondary N) is 1. The third kappa shape index (κ3) is 6.54. The fourth-order valence-electron chi connectivity index (χ4n) is 5.06. The van der Waals surface area contributed by atoms with Gasteiger partial charge in [0.25, 0.3) is 11.8 Å². The minimum absolute atomic E-state index is 0.0718. The molecule has 2 aliphatic heterocycles. The second-order valence-electron chi connectivity index (χ2n) is 10.3. The zero-order valence-corrected chi connectivity index (χ0v) is 25.0. The minimum atomic E-state index is -3.63. The lowest BCUT2D eigenvalue weighted by molar-refractivity contribution is 0.0302. The minimum Gasteiger partial charge on any atom is -0.378 e. The number of sulfonamides is 1. The summed E-state index contributed by atoms with van der Waals surface area (Å²) in [5.41, 5.74) is 1.95. The first-order chi connectivity index (χ1) is 18.7. The van der Waals surface area contributed by atoms with Crippen LogP contribution in [-0.2, 0) is 27.7 Å². The van der Waals surface area contributed by atoms with E-state index in [9.17, 15) is 18.0 Å². The number of carbonyl (C=O) groups is 2. The van der Waals surface area contributed by atoms with E-state index in [1.807, 2.05) is 13.8 Å². The van der Waals surface area contributed by atoms with Gasteiger partial charge in [-0.3, -0.25) is 14.5 Å². The second kappa shape index (κ2) is 12.9. The van der Waals surface area contributed by atoms with Gasteiger partial charge < -0.3 is 15.0 Å². The van der Waals surface area contributed by atoms with Gasteiger partial charge in [-0.05, 0) is 62.9 Å². The fraction of sp³-hybridized carbons (Fsp3) is 0.571. The van der Waals surface area contributed by atoms with Gasteiger partial charge in [-0.2, -0.15) is 4.31 Å². The molecule has 3 heterocycles. The summed E-state index contributed by atoms with van der Waals surface area (Å²) in [5.74, 6) is -0.439. The molecule has 0 unspecified atom stereocenters. The van der Waals surface area contributed by atoms with E-state index in [0.717, 1.165) is 42.8 Å². The molecule has 4 rings (SSSR count). The second-order valence-corrected chi connectivity index (χ2v) is 13.4. The van der Waals surface area contributed by atoms with E-state index in [1.54, 1.807) is 4.90 Å². The van der Waals surface area contributed by atoms with Gasteiger partial charge in [0.15, 0.2) is 0 Å². The molecule has 214 valence electrons. The fourth-order valence-corrected chi connectivity index (χ4v) is 7.94. The zero-order valence-electron chi connectivity index (χ0n) is 23.4. The lowest BCUT2D eigenvalue weighted by Gasteiger charge is -2.31. The maximum Gasteiger partial charge on any atom is 0.257 e. The number of hydrogen-bond donors (Lipinski definition) is 1. The summed E-state index contributed by atoms with van der Waals surface area (Å²) in [5, 5.41) is 3.55. The van der Waals surface area contributed by atoms with Crippen LogP contribution in [0.5, 0.6) is 0 Å². The quantitative estimate of drug-likeness (QED) is 0.458. The largest absolute Gasteiger partial charge is 0.378 e. The van der Waals surface area contributed by atoms with Gasteiger partial charge >= 0.3 is 0 Å². The van der Waals surface area contributed by atoms with Crippen molar-refractivity contribution in [3.63, 3.8) is 0 Å². The van der Waals surface area contributed by atoms with Crippen molar-refractivity contribution < 1.29 is 22.7 Å². The lowest BCUT2D eigenvalue weighted by Crippen LogP contribution is -2.41. The van der Waals surface area contributed by atoms with Crippen LogP contribution in [-0.4, -0.2) is 86.3 Å². The van der Waals surface area contributed by atoms with E-state index in [2.05, 4.69) is 24.1 Å². The van der Waals surface area contributed by atoms with Gasteiger partial charge in [-0.15, -0.1) is 11.3 Å². The van der Waals surface area contributed by atoms with E-state index >= 15 is 0 Å². The highest BCUT2D eigenvalue weighted by Crippen LogP contribution is 2.38. The standard InChI is InChI=1S/C28H40N4O5S2/c1-5-12-32(13-6-2)39(35,36)22-9-7-21(8-10-22)26(33)29-27-25(28(34)30-15-17-37-18-16-30)23-11-14-31(20(3)4)19-24(23)38-27/h7-10,20H,5-6,11-19H2,1-4H3,(H,29,33).